The van der Waals surface area contributed by atoms with Crippen LogP contribution in [0.4, 0.5) is 0 Å². The number of halogens is 1. The fraction of sp³-hybridized carbons (Fsp3) is 0.333. The number of nitrogens with zero attached hydrogens (tertiary/aromatic N) is 1. The second-order valence-corrected chi connectivity index (χ2v) is 5.23. The highest BCUT2D eigenvalue weighted by molar-refractivity contribution is 7.13. The zero-order valence-corrected chi connectivity index (χ0v) is 11.7. The quantitative estimate of drug-likeness (QED) is 0.904. The van der Waals surface area contributed by atoms with Gasteiger partial charge in [-0.15, -0.1) is 11.3 Å². The van der Waals surface area contributed by atoms with Gasteiger partial charge in [0, 0.05) is 12.4 Å². The Balaban J connectivity index is 2.13. The van der Waals surface area contributed by atoms with Gasteiger partial charge in [0.25, 0.3) is 5.91 Å². The fourth-order valence-corrected chi connectivity index (χ4v) is 2.82. The number of aromatic amines is 1. The topological polar surface area (TPSA) is 57.8 Å². The van der Waals surface area contributed by atoms with E-state index in [1.54, 1.807) is 12.4 Å². The first-order chi connectivity index (χ1) is 8.63. The van der Waals surface area contributed by atoms with Gasteiger partial charge in [-0.2, -0.15) is 0 Å². The van der Waals surface area contributed by atoms with E-state index in [4.69, 9.17) is 11.6 Å². The predicted octanol–water partition coefficient (Wildman–Crippen LogP) is 3.31. The van der Waals surface area contributed by atoms with Gasteiger partial charge in [-0.05, 0) is 24.3 Å². The van der Waals surface area contributed by atoms with Crippen LogP contribution in [-0.4, -0.2) is 15.9 Å². The van der Waals surface area contributed by atoms with E-state index in [9.17, 15) is 4.79 Å². The summed E-state index contributed by atoms with van der Waals surface area (Å²) in [4.78, 5) is 19.8. The maximum absolute atomic E-state index is 12.1. The molecule has 0 aliphatic carbocycles. The van der Waals surface area contributed by atoms with Gasteiger partial charge >= 0.3 is 0 Å². The minimum absolute atomic E-state index is 0.119. The summed E-state index contributed by atoms with van der Waals surface area (Å²) in [5.41, 5.74) is 0.929. The van der Waals surface area contributed by atoms with Crippen molar-refractivity contribution in [1.82, 2.24) is 15.3 Å². The molecule has 0 bridgehead atoms. The van der Waals surface area contributed by atoms with Crippen molar-refractivity contribution in [3.05, 3.63) is 39.1 Å². The molecule has 96 valence electrons. The van der Waals surface area contributed by atoms with Crippen LogP contribution < -0.4 is 5.32 Å². The Kier molecular flexibility index (Phi) is 4.04. The molecule has 0 fully saturated rings. The predicted molar refractivity (Wildman–Crippen MR) is 73.2 cm³/mol. The number of hydrogen-bond acceptors (Lipinski definition) is 3. The molecule has 0 aromatic carbocycles. The molecule has 1 unspecified atom stereocenters. The zero-order chi connectivity index (χ0) is 13.1. The summed E-state index contributed by atoms with van der Waals surface area (Å²) in [5.74, 6) is 0.608. The van der Waals surface area contributed by atoms with Crippen molar-refractivity contribution < 1.29 is 4.79 Å². The highest BCUT2D eigenvalue weighted by atomic mass is 35.5. The lowest BCUT2D eigenvalue weighted by Gasteiger charge is -2.14. The second kappa shape index (κ2) is 5.54. The third-order valence-electron chi connectivity index (χ3n) is 2.67. The number of hydrogen-bond donors (Lipinski definition) is 2. The van der Waals surface area contributed by atoms with Crippen molar-refractivity contribution in [1.29, 1.82) is 0 Å². The first-order valence-corrected chi connectivity index (χ1v) is 6.93. The molecule has 0 aliphatic rings. The third-order valence-corrected chi connectivity index (χ3v) is 4.36. The number of nitrogens with one attached hydrogen (secondary N) is 2. The second-order valence-electron chi connectivity index (χ2n) is 3.97. The Morgan fingerprint density at radius 3 is 2.94 bits per heavy atom. The van der Waals surface area contributed by atoms with Crippen LogP contribution in [0.5, 0.6) is 0 Å². The number of carbonyl (C=O) groups is 1. The van der Waals surface area contributed by atoms with E-state index in [0.29, 0.717) is 9.90 Å². The SMILES string of the molecule is CCC(NC(=O)c1scc(C)c1Cl)c1ncc[nH]1. The fourth-order valence-electron chi connectivity index (χ4n) is 1.64. The molecule has 0 saturated carbocycles. The maximum atomic E-state index is 12.1. The number of amides is 1. The van der Waals surface area contributed by atoms with E-state index in [0.717, 1.165) is 17.8 Å². The highest BCUT2D eigenvalue weighted by Crippen LogP contribution is 2.27. The Hall–Kier alpha value is -1.33. The minimum atomic E-state index is -0.152. The summed E-state index contributed by atoms with van der Waals surface area (Å²) in [6.07, 6.45) is 4.18. The van der Waals surface area contributed by atoms with E-state index in [1.165, 1.54) is 11.3 Å². The molecular formula is C12H14ClN3OS. The number of thiophene rings is 1. The number of aryl methyl sites for hydroxylation is 1. The summed E-state index contributed by atoms with van der Waals surface area (Å²) >= 11 is 7.44. The molecule has 2 aromatic rings. The Labute approximate surface area is 114 Å². The van der Waals surface area contributed by atoms with Gasteiger partial charge in [0.05, 0.1) is 11.1 Å². The van der Waals surface area contributed by atoms with Crippen molar-refractivity contribution in [2.45, 2.75) is 26.3 Å². The van der Waals surface area contributed by atoms with E-state index in [-0.39, 0.29) is 11.9 Å². The molecule has 2 heterocycles. The summed E-state index contributed by atoms with van der Waals surface area (Å²) in [5, 5.41) is 5.35. The van der Waals surface area contributed by atoms with Crippen LogP contribution in [0.2, 0.25) is 5.02 Å². The lowest BCUT2D eigenvalue weighted by molar-refractivity contribution is 0.0938. The van der Waals surface area contributed by atoms with Gasteiger partial charge in [-0.25, -0.2) is 4.98 Å². The monoisotopic (exact) mass is 283 g/mol. The molecular weight excluding hydrogens is 270 g/mol. The molecule has 1 atom stereocenters. The van der Waals surface area contributed by atoms with E-state index in [2.05, 4.69) is 15.3 Å². The van der Waals surface area contributed by atoms with Gasteiger partial charge in [-0.1, -0.05) is 18.5 Å². The number of rotatable bonds is 4. The molecule has 2 rings (SSSR count). The van der Waals surface area contributed by atoms with Crippen molar-refractivity contribution in [3.8, 4) is 0 Å². The van der Waals surface area contributed by atoms with Gasteiger partial charge < -0.3 is 10.3 Å². The van der Waals surface area contributed by atoms with Crippen LogP contribution in [-0.2, 0) is 0 Å². The molecule has 0 spiro atoms. The van der Waals surface area contributed by atoms with Crippen molar-refractivity contribution >= 4 is 28.8 Å². The molecule has 6 heteroatoms. The van der Waals surface area contributed by atoms with Crippen molar-refractivity contribution in [3.63, 3.8) is 0 Å². The highest BCUT2D eigenvalue weighted by Gasteiger charge is 2.19. The van der Waals surface area contributed by atoms with Crippen molar-refractivity contribution in [2.24, 2.45) is 0 Å². The zero-order valence-electron chi connectivity index (χ0n) is 10.2. The summed E-state index contributed by atoms with van der Waals surface area (Å²) in [7, 11) is 0. The average Bonchev–Trinajstić information content (AvgIpc) is 2.98. The standard InChI is InChI=1S/C12H14ClN3OS/c1-3-8(11-14-4-5-15-11)16-12(17)10-9(13)7(2)6-18-10/h4-6,8H,3H2,1-2H3,(H,14,15)(H,16,17). The van der Waals surface area contributed by atoms with Crippen LogP contribution in [0.15, 0.2) is 17.8 Å². The summed E-state index contributed by atoms with van der Waals surface area (Å²) in [6.45, 7) is 3.88. The van der Waals surface area contributed by atoms with E-state index >= 15 is 0 Å². The van der Waals surface area contributed by atoms with Gasteiger partial charge in [0.1, 0.15) is 10.7 Å². The van der Waals surface area contributed by atoms with Gasteiger partial charge in [0.2, 0.25) is 0 Å². The Morgan fingerprint density at radius 2 is 2.44 bits per heavy atom. The van der Waals surface area contributed by atoms with Crippen LogP contribution in [0.1, 0.15) is 40.4 Å². The molecule has 0 saturated heterocycles. The number of imidazole rings is 1. The lowest BCUT2D eigenvalue weighted by Crippen LogP contribution is -2.28. The molecule has 4 nitrogen and oxygen atoms in total. The van der Waals surface area contributed by atoms with Crippen LogP contribution in [0.25, 0.3) is 0 Å². The third kappa shape index (κ3) is 2.57. The normalized spacial score (nSPS) is 12.4. The van der Waals surface area contributed by atoms with Crippen molar-refractivity contribution in [2.75, 3.05) is 0 Å². The molecule has 0 aliphatic heterocycles. The molecule has 1 amide bonds. The Bertz CT molecular complexity index is 536. The number of aromatic nitrogens is 2. The molecule has 2 N–H and O–H groups in total. The summed E-state index contributed by atoms with van der Waals surface area (Å²) in [6, 6.07) is -0.119. The molecule has 18 heavy (non-hydrogen) atoms. The minimum Gasteiger partial charge on any atom is -0.347 e. The van der Waals surface area contributed by atoms with Crippen LogP contribution in [0, 0.1) is 6.92 Å². The van der Waals surface area contributed by atoms with E-state index < -0.39 is 0 Å². The van der Waals surface area contributed by atoms with Gasteiger partial charge in [0.15, 0.2) is 0 Å². The lowest BCUT2D eigenvalue weighted by atomic mass is 10.2. The maximum Gasteiger partial charge on any atom is 0.263 e. The van der Waals surface area contributed by atoms with Gasteiger partial charge in [-0.3, -0.25) is 4.79 Å². The molecule has 2 aromatic heterocycles. The smallest absolute Gasteiger partial charge is 0.263 e. The van der Waals surface area contributed by atoms with Crippen LogP contribution >= 0.6 is 22.9 Å². The largest absolute Gasteiger partial charge is 0.347 e. The Morgan fingerprint density at radius 1 is 1.67 bits per heavy atom. The van der Waals surface area contributed by atoms with Crippen LogP contribution in [0.3, 0.4) is 0 Å². The number of carbonyl (C=O) groups excluding carboxylic acids is 1. The first kappa shape index (κ1) is 13.1. The van der Waals surface area contributed by atoms with E-state index in [1.807, 2.05) is 19.2 Å². The number of H-pyrrole nitrogens is 1. The molecule has 0 radical (unpaired) electrons. The average molecular weight is 284 g/mol. The summed E-state index contributed by atoms with van der Waals surface area (Å²) < 4.78 is 0. The first-order valence-electron chi connectivity index (χ1n) is 5.67.